The molecule has 0 amide bonds. The van der Waals surface area contributed by atoms with Crippen LogP contribution in [-0.2, 0) is 19.1 Å². The number of fused-ring (bicyclic) bond motifs is 5. The molecule has 5 aliphatic carbocycles. The Morgan fingerprint density at radius 3 is 2.26 bits per heavy atom. The second kappa shape index (κ2) is 7.94. The monoisotopic (exact) mass is 576 g/mol. The van der Waals surface area contributed by atoms with Crippen molar-refractivity contribution in [2.45, 2.75) is 81.9 Å². The van der Waals surface area contributed by atoms with Crippen molar-refractivity contribution < 1.29 is 42.9 Å². The van der Waals surface area contributed by atoms with E-state index >= 15 is 8.78 Å². The number of carboxylic acid groups (broad SMARTS) is 1. The average molecular weight is 577 g/mol. The van der Waals surface area contributed by atoms with Gasteiger partial charge in [-0.1, -0.05) is 33.8 Å². The quantitative estimate of drug-likeness (QED) is 0.266. The molecular weight excluding hydrogens is 545 g/mol. The molecular formula is C27H32Cl2F2O7. The molecule has 210 valence electrons. The summed E-state index contributed by atoms with van der Waals surface area (Å²) in [5.41, 5.74) is -6.25. The molecule has 1 unspecified atom stereocenters. The number of hydrogen-bond acceptors (Lipinski definition) is 6. The highest BCUT2D eigenvalue weighted by Gasteiger charge is 2.80. The molecule has 0 aromatic rings. The van der Waals surface area contributed by atoms with Crippen LogP contribution in [0.5, 0.6) is 0 Å². The van der Waals surface area contributed by atoms with E-state index in [1.807, 2.05) is 0 Å². The number of halogens is 4. The first-order valence-corrected chi connectivity index (χ1v) is 13.6. The molecule has 10 atom stereocenters. The third-order valence-corrected chi connectivity index (χ3v) is 12.1. The number of rotatable bonds is 3. The number of aliphatic hydroxyl groups excluding tert-OH is 1. The summed E-state index contributed by atoms with van der Waals surface area (Å²) in [6, 6.07) is 0. The first-order chi connectivity index (χ1) is 17.3. The lowest BCUT2D eigenvalue weighted by molar-refractivity contribution is -0.300. The standard InChI is InChI=1S/C27H32Cl2F2O7/c1-12-8-14-15-10-17(30)16-9-13(32)6-7-23(16,4)25(15,31)18(33)11-24(14,5)27(12,38-21(35)36)37-20(34)19-22(2,3)26(19,28)29/h6-7,9,12,14-15,17-19,33H,8,10-11H2,1-5H3,(H,35,36)/t12-,14+,15+,17+,18+,19?,23+,24+,25+,27+/m1/s1. The Kier molecular flexibility index (Phi) is 5.82. The summed E-state index contributed by atoms with van der Waals surface area (Å²) in [6.45, 7) is 8.04. The minimum Gasteiger partial charge on any atom is -0.450 e. The lowest BCUT2D eigenvalue weighted by Crippen LogP contribution is -2.70. The van der Waals surface area contributed by atoms with Crippen molar-refractivity contribution in [3.05, 3.63) is 23.8 Å². The molecule has 5 aliphatic rings. The lowest BCUT2D eigenvalue weighted by Gasteiger charge is -2.62. The number of ketones is 1. The normalized spacial score (nSPS) is 49.7. The maximum atomic E-state index is 17.4. The van der Waals surface area contributed by atoms with Crippen molar-refractivity contribution in [3.8, 4) is 0 Å². The Labute approximate surface area is 229 Å². The van der Waals surface area contributed by atoms with Crippen molar-refractivity contribution in [2.75, 3.05) is 0 Å². The fourth-order valence-corrected chi connectivity index (χ4v) is 9.21. The molecule has 0 heterocycles. The van der Waals surface area contributed by atoms with Crippen LogP contribution in [0.4, 0.5) is 13.6 Å². The number of ether oxygens (including phenoxy) is 2. The van der Waals surface area contributed by atoms with E-state index in [9.17, 15) is 24.6 Å². The molecule has 0 aliphatic heterocycles. The Balaban J connectivity index is 1.59. The highest BCUT2D eigenvalue weighted by Crippen LogP contribution is 2.73. The van der Waals surface area contributed by atoms with Gasteiger partial charge in [0.05, 0.1) is 17.4 Å². The van der Waals surface area contributed by atoms with Crippen LogP contribution in [-0.4, -0.2) is 56.2 Å². The van der Waals surface area contributed by atoms with E-state index in [0.717, 1.165) is 6.08 Å². The minimum atomic E-state index is -2.37. The van der Waals surface area contributed by atoms with Crippen molar-refractivity contribution in [1.82, 2.24) is 0 Å². The number of aliphatic hydroxyl groups is 1. The smallest absolute Gasteiger partial charge is 0.450 e. The van der Waals surface area contributed by atoms with Gasteiger partial charge in [0, 0.05) is 22.7 Å². The number of allylic oxidation sites excluding steroid dienone is 4. The summed E-state index contributed by atoms with van der Waals surface area (Å²) in [6.07, 6.45) is -2.01. The summed E-state index contributed by atoms with van der Waals surface area (Å²) in [5, 5.41) is 21.2. The summed E-state index contributed by atoms with van der Waals surface area (Å²) < 4.78 is 42.9. The van der Waals surface area contributed by atoms with Crippen molar-refractivity contribution in [1.29, 1.82) is 0 Å². The second-order valence-corrected chi connectivity index (χ2v) is 14.1. The van der Waals surface area contributed by atoms with E-state index in [2.05, 4.69) is 0 Å². The van der Waals surface area contributed by atoms with E-state index < -0.39 is 85.9 Å². The minimum absolute atomic E-state index is 0.0199. The highest BCUT2D eigenvalue weighted by molar-refractivity contribution is 6.53. The Morgan fingerprint density at radius 1 is 1.11 bits per heavy atom. The predicted octanol–water partition coefficient (Wildman–Crippen LogP) is 5.32. The van der Waals surface area contributed by atoms with Crippen molar-refractivity contribution in [3.63, 3.8) is 0 Å². The van der Waals surface area contributed by atoms with Crippen LogP contribution < -0.4 is 0 Å². The number of esters is 1. The van der Waals surface area contributed by atoms with Gasteiger partial charge in [-0.05, 0) is 49.8 Å². The van der Waals surface area contributed by atoms with Gasteiger partial charge in [0.2, 0.25) is 0 Å². The summed E-state index contributed by atoms with van der Waals surface area (Å²) >= 11 is 12.6. The Bertz CT molecular complexity index is 1170. The first kappa shape index (κ1) is 27.8. The van der Waals surface area contributed by atoms with Crippen LogP contribution in [0.3, 0.4) is 0 Å². The number of hydrogen-bond donors (Lipinski definition) is 2. The van der Waals surface area contributed by atoms with Gasteiger partial charge < -0.3 is 19.7 Å². The highest BCUT2D eigenvalue weighted by atomic mass is 35.5. The van der Waals surface area contributed by atoms with E-state index in [1.54, 1.807) is 27.7 Å². The largest absolute Gasteiger partial charge is 0.509 e. The van der Waals surface area contributed by atoms with Crippen LogP contribution in [0.25, 0.3) is 0 Å². The molecule has 0 aromatic carbocycles. The Morgan fingerprint density at radius 2 is 1.71 bits per heavy atom. The van der Waals surface area contributed by atoms with E-state index in [1.165, 1.54) is 19.1 Å². The van der Waals surface area contributed by atoms with Crippen LogP contribution >= 0.6 is 23.2 Å². The number of carbonyl (C=O) groups excluding carboxylic acids is 2. The van der Waals surface area contributed by atoms with Crippen molar-refractivity contribution in [2.24, 2.45) is 39.9 Å². The van der Waals surface area contributed by atoms with Gasteiger partial charge in [0.25, 0.3) is 5.79 Å². The van der Waals surface area contributed by atoms with Crippen LogP contribution in [0.2, 0.25) is 0 Å². The fourth-order valence-electron chi connectivity index (χ4n) is 8.38. The number of alkyl halides is 4. The van der Waals surface area contributed by atoms with Gasteiger partial charge in [-0.2, -0.15) is 0 Å². The first-order valence-electron chi connectivity index (χ1n) is 12.8. The molecule has 4 fully saturated rings. The van der Waals surface area contributed by atoms with Gasteiger partial charge in [0.1, 0.15) is 10.5 Å². The molecule has 11 heteroatoms. The zero-order valence-electron chi connectivity index (χ0n) is 21.8. The van der Waals surface area contributed by atoms with E-state index in [4.69, 9.17) is 32.7 Å². The van der Waals surface area contributed by atoms with Crippen LogP contribution in [0.15, 0.2) is 23.8 Å². The summed E-state index contributed by atoms with van der Waals surface area (Å²) in [4.78, 5) is 37.4. The maximum Gasteiger partial charge on any atom is 0.509 e. The van der Waals surface area contributed by atoms with Crippen LogP contribution in [0, 0.1) is 39.9 Å². The average Bonchev–Trinajstić information content (AvgIpc) is 3.11. The molecule has 0 saturated heterocycles. The molecule has 4 saturated carbocycles. The molecule has 7 nitrogen and oxygen atoms in total. The predicted molar refractivity (Wildman–Crippen MR) is 133 cm³/mol. The zero-order chi connectivity index (χ0) is 28.4. The topological polar surface area (TPSA) is 110 Å². The van der Waals surface area contributed by atoms with Gasteiger partial charge in [-0.15, -0.1) is 23.2 Å². The van der Waals surface area contributed by atoms with Gasteiger partial charge in [-0.25, -0.2) is 13.6 Å². The maximum absolute atomic E-state index is 17.4. The summed E-state index contributed by atoms with van der Waals surface area (Å²) in [5.74, 6) is -6.98. The molecule has 0 bridgehead atoms. The number of carbonyl (C=O) groups is 3. The fraction of sp³-hybridized carbons (Fsp3) is 0.741. The zero-order valence-corrected chi connectivity index (χ0v) is 23.3. The van der Waals surface area contributed by atoms with E-state index in [-0.39, 0.29) is 24.8 Å². The molecule has 0 radical (unpaired) electrons. The third kappa shape index (κ3) is 3.12. The molecule has 5 rings (SSSR count). The molecule has 2 N–H and O–H groups in total. The van der Waals surface area contributed by atoms with Gasteiger partial charge in [0.15, 0.2) is 11.5 Å². The molecule has 0 aromatic heterocycles. The molecule has 38 heavy (non-hydrogen) atoms. The second-order valence-electron chi connectivity index (χ2n) is 12.7. The van der Waals surface area contributed by atoms with E-state index in [0.29, 0.717) is 0 Å². The Hall–Kier alpha value is -1.71. The molecule has 0 spiro atoms. The van der Waals surface area contributed by atoms with Crippen LogP contribution in [0.1, 0.15) is 53.9 Å². The lowest BCUT2D eigenvalue weighted by atomic mass is 9.45. The van der Waals surface area contributed by atoms with Crippen molar-refractivity contribution >= 4 is 41.1 Å². The SMILES string of the molecule is C[C@@H]1C[C@H]2[C@@H]3C[C@H](F)C4=CC(=O)C=C[C@]4(C)[C@@]3(F)[C@@H](O)C[C@]2(C)[C@]1(OC(=O)O)OC(=O)C1C(C)(C)C1(Cl)Cl. The van der Waals surface area contributed by atoms with Gasteiger partial charge in [-0.3, -0.25) is 9.59 Å². The third-order valence-electron chi connectivity index (χ3n) is 10.7. The van der Waals surface area contributed by atoms with Gasteiger partial charge >= 0.3 is 12.1 Å². The summed E-state index contributed by atoms with van der Waals surface area (Å²) in [7, 11) is 0.